The van der Waals surface area contributed by atoms with E-state index in [-0.39, 0.29) is 17.9 Å². The number of aromatic hydroxyl groups is 1. The number of benzene rings is 4. The van der Waals surface area contributed by atoms with Gasteiger partial charge < -0.3 is 15.3 Å². The molecule has 234 valence electrons. The zero-order valence-corrected chi connectivity index (χ0v) is 24.5. The van der Waals surface area contributed by atoms with E-state index in [2.05, 4.69) is 23.5 Å². The number of non-ortho nitro benzene ring substituents is 1. The van der Waals surface area contributed by atoms with E-state index in [4.69, 9.17) is 5.11 Å². The average Bonchev–Trinajstić information content (AvgIpc) is 3.39. The number of nitro groups is 3. The fourth-order valence-electron chi connectivity index (χ4n) is 5.00. The average molecular weight is 626 g/mol. The van der Waals surface area contributed by atoms with Crippen molar-refractivity contribution in [2.45, 2.75) is 26.3 Å². The number of phenolic OH excluding ortho intramolecular Hbond substituents is 1. The van der Waals surface area contributed by atoms with Gasteiger partial charge in [-0.15, -0.1) is 0 Å². The first-order valence-electron chi connectivity index (χ1n) is 13.7. The van der Waals surface area contributed by atoms with Crippen LogP contribution in [0.25, 0.3) is 12.2 Å². The van der Waals surface area contributed by atoms with E-state index in [1.165, 1.54) is 6.92 Å². The molecular weight excluding hydrogens is 598 g/mol. The van der Waals surface area contributed by atoms with Crippen LogP contribution in [0.3, 0.4) is 0 Å². The number of rotatable bonds is 7. The predicted molar refractivity (Wildman–Crippen MR) is 170 cm³/mol. The number of phenols is 1. The summed E-state index contributed by atoms with van der Waals surface area (Å²) in [6, 6.07) is 25.0. The highest BCUT2D eigenvalue weighted by Crippen LogP contribution is 2.43. The molecule has 46 heavy (non-hydrogen) atoms. The standard InChI is InChI=1S/C26H24N2O2.C6H3N3O7/c1-18(29)27-24-17-26-23(15-22(24)14-13-20-9-5-3-6-10-20)16-25(28(26)19(2)30)21-11-7-4-8-12-21;10-6-4(8(13)14)1-3(7(11)12)2-5(6)9(15)16/h3-15,17,25H,16H2,1-2H3,(H,27,29);1-2,10H/b14-13+;. The first kappa shape index (κ1) is 32.5. The van der Waals surface area contributed by atoms with Crippen LogP contribution in [-0.2, 0) is 16.0 Å². The van der Waals surface area contributed by atoms with Gasteiger partial charge in [-0.05, 0) is 40.8 Å². The molecule has 5 rings (SSSR count). The number of nitrogens with zero attached hydrogens (tertiary/aromatic N) is 4. The van der Waals surface area contributed by atoms with Crippen molar-refractivity contribution in [1.82, 2.24) is 0 Å². The maximum absolute atomic E-state index is 12.5. The second-order valence-corrected chi connectivity index (χ2v) is 10.1. The lowest BCUT2D eigenvalue weighted by atomic mass is 10.0. The fourth-order valence-corrected chi connectivity index (χ4v) is 5.00. The molecule has 0 aliphatic carbocycles. The van der Waals surface area contributed by atoms with Crippen LogP contribution < -0.4 is 10.2 Å². The highest BCUT2D eigenvalue weighted by atomic mass is 16.6. The maximum atomic E-state index is 12.5. The summed E-state index contributed by atoms with van der Waals surface area (Å²) < 4.78 is 0. The minimum absolute atomic E-state index is 0.0102. The molecule has 0 aromatic heterocycles. The lowest BCUT2D eigenvalue weighted by Crippen LogP contribution is -2.29. The number of amides is 2. The molecule has 2 amide bonds. The molecule has 14 heteroatoms. The van der Waals surface area contributed by atoms with Gasteiger partial charge in [-0.2, -0.15) is 0 Å². The molecule has 0 spiro atoms. The Bertz CT molecular complexity index is 1830. The van der Waals surface area contributed by atoms with E-state index >= 15 is 0 Å². The van der Waals surface area contributed by atoms with Gasteiger partial charge in [-0.1, -0.05) is 72.8 Å². The summed E-state index contributed by atoms with van der Waals surface area (Å²) in [4.78, 5) is 54.0. The summed E-state index contributed by atoms with van der Waals surface area (Å²) in [6.07, 6.45) is 4.78. The first-order valence-corrected chi connectivity index (χ1v) is 13.7. The van der Waals surface area contributed by atoms with Gasteiger partial charge in [0, 0.05) is 19.5 Å². The van der Waals surface area contributed by atoms with E-state index in [9.17, 15) is 39.9 Å². The van der Waals surface area contributed by atoms with Gasteiger partial charge in [-0.25, -0.2) is 0 Å². The quantitative estimate of drug-likeness (QED) is 0.129. The minimum atomic E-state index is -1.21. The van der Waals surface area contributed by atoms with E-state index in [0.717, 1.165) is 34.4 Å². The molecule has 1 aliphatic heterocycles. The molecule has 0 bridgehead atoms. The topological polar surface area (TPSA) is 199 Å². The number of fused-ring (bicyclic) bond motifs is 1. The number of carbonyl (C=O) groups is 2. The number of hydrogen-bond acceptors (Lipinski definition) is 9. The fraction of sp³-hybridized carbons (Fsp3) is 0.125. The monoisotopic (exact) mass is 625 g/mol. The first-order chi connectivity index (χ1) is 21.9. The Hall–Kier alpha value is -6.44. The van der Waals surface area contributed by atoms with Crippen LogP contribution in [0, 0.1) is 30.3 Å². The van der Waals surface area contributed by atoms with Crippen molar-refractivity contribution in [3.63, 3.8) is 0 Å². The maximum Gasteiger partial charge on any atom is 0.324 e. The summed E-state index contributed by atoms with van der Waals surface area (Å²) in [5, 5.41) is 43.1. The number of carbonyl (C=O) groups excluding carboxylic acids is 2. The molecule has 0 radical (unpaired) electrons. The number of nitrogens with one attached hydrogen (secondary N) is 1. The Balaban J connectivity index is 0.000000254. The molecule has 4 aromatic carbocycles. The van der Waals surface area contributed by atoms with Crippen LogP contribution in [0.1, 0.15) is 42.1 Å². The zero-order valence-electron chi connectivity index (χ0n) is 24.5. The summed E-state index contributed by atoms with van der Waals surface area (Å²) in [6.45, 7) is 3.08. The molecule has 1 heterocycles. The van der Waals surface area contributed by atoms with Crippen molar-refractivity contribution >= 4 is 52.4 Å². The smallest absolute Gasteiger partial charge is 0.324 e. The van der Waals surface area contributed by atoms with Crippen LogP contribution in [-0.4, -0.2) is 31.7 Å². The van der Waals surface area contributed by atoms with Gasteiger partial charge in [0.15, 0.2) is 0 Å². The van der Waals surface area contributed by atoms with Gasteiger partial charge in [0.05, 0.1) is 38.6 Å². The summed E-state index contributed by atoms with van der Waals surface area (Å²) in [7, 11) is 0. The van der Waals surface area contributed by atoms with Crippen molar-refractivity contribution in [3.8, 4) is 5.75 Å². The van der Waals surface area contributed by atoms with Crippen molar-refractivity contribution in [2.75, 3.05) is 10.2 Å². The van der Waals surface area contributed by atoms with Crippen LogP contribution in [0.4, 0.5) is 28.4 Å². The van der Waals surface area contributed by atoms with Crippen LogP contribution >= 0.6 is 0 Å². The Morgan fingerprint density at radius 3 is 1.89 bits per heavy atom. The lowest BCUT2D eigenvalue weighted by molar-refractivity contribution is -0.404. The van der Waals surface area contributed by atoms with Crippen molar-refractivity contribution < 1.29 is 29.5 Å². The number of nitro benzene ring substituents is 3. The third-order valence-corrected chi connectivity index (χ3v) is 6.98. The highest BCUT2D eigenvalue weighted by Gasteiger charge is 2.34. The SMILES string of the molecule is CC(=O)Nc1cc2c(cc1/C=C/c1ccccc1)CC(c1ccccc1)N2C(C)=O.O=[N+]([O-])c1cc([N+](=O)[O-])c(O)c([N+](=O)[O-])c1. The number of hydrogen-bond donors (Lipinski definition) is 2. The van der Waals surface area contributed by atoms with Crippen molar-refractivity contribution in [2.24, 2.45) is 0 Å². The molecule has 1 unspecified atom stereocenters. The third-order valence-electron chi connectivity index (χ3n) is 6.98. The Morgan fingerprint density at radius 2 is 1.39 bits per heavy atom. The molecule has 1 aliphatic rings. The van der Waals surface area contributed by atoms with Gasteiger partial charge >= 0.3 is 11.4 Å². The Morgan fingerprint density at radius 1 is 0.826 bits per heavy atom. The van der Waals surface area contributed by atoms with E-state index < -0.39 is 37.6 Å². The van der Waals surface area contributed by atoms with Crippen LogP contribution in [0.2, 0.25) is 0 Å². The van der Waals surface area contributed by atoms with Crippen LogP contribution in [0.15, 0.2) is 84.9 Å². The molecule has 14 nitrogen and oxygen atoms in total. The molecule has 0 saturated heterocycles. The van der Waals surface area contributed by atoms with Gasteiger partial charge in [-0.3, -0.25) is 39.9 Å². The molecule has 0 saturated carbocycles. The zero-order chi connectivity index (χ0) is 33.5. The third kappa shape index (κ3) is 7.37. The van der Waals surface area contributed by atoms with Gasteiger partial charge in [0.2, 0.25) is 11.8 Å². The van der Waals surface area contributed by atoms with Gasteiger partial charge in [0.25, 0.3) is 11.4 Å². The van der Waals surface area contributed by atoms with Crippen molar-refractivity contribution in [1.29, 1.82) is 0 Å². The van der Waals surface area contributed by atoms with E-state index in [0.29, 0.717) is 17.8 Å². The Kier molecular flexibility index (Phi) is 9.81. The lowest BCUT2D eigenvalue weighted by Gasteiger charge is -2.25. The second-order valence-electron chi connectivity index (χ2n) is 10.1. The molecule has 0 fully saturated rings. The van der Waals surface area contributed by atoms with Crippen LogP contribution in [0.5, 0.6) is 5.75 Å². The Labute approximate surface area is 261 Å². The van der Waals surface area contributed by atoms with E-state index in [1.807, 2.05) is 71.6 Å². The largest absolute Gasteiger partial charge is 0.497 e. The van der Waals surface area contributed by atoms with Gasteiger partial charge in [0.1, 0.15) is 0 Å². The molecule has 2 N–H and O–H groups in total. The summed E-state index contributed by atoms with van der Waals surface area (Å²) in [5.74, 6) is -1.36. The van der Waals surface area contributed by atoms with E-state index in [1.54, 1.807) is 6.92 Å². The molecule has 4 aromatic rings. The van der Waals surface area contributed by atoms with Crippen molar-refractivity contribution in [3.05, 3.63) is 138 Å². The second kappa shape index (κ2) is 13.9. The molecular formula is C32H27N5O9. The number of anilines is 2. The summed E-state index contributed by atoms with van der Waals surface area (Å²) >= 11 is 0. The normalized spacial score (nSPS) is 13.3. The molecule has 1 atom stereocenters. The minimum Gasteiger partial charge on any atom is -0.497 e. The predicted octanol–water partition coefficient (Wildman–Crippen LogP) is 6.58. The highest BCUT2D eigenvalue weighted by molar-refractivity contribution is 5.99. The summed E-state index contributed by atoms with van der Waals surface area (Å²) in [5.41, 5.74) is 2.76.